The van der Waals surface area contributed by atoms with Crippen LogP contribution in [0.25, 0.3) is 0 Å². The summed E-state index contributed by atoms with van der Waals surface area (Å²) in [7, 11) is 0. The molecule has 138 valence electrons. The number of guanidine groups is 1. The van der Waals surface area contributed by atoms with Crippen molar-refractivity contribution in [2.24, 2.45) is 10.7 Å². The molecule has 0 spiro atoms. The van der Waals surface area contributed by atoms with Gasteiger partial charge >= 0.3 is 0 Å². The highest BCUT2D eigenvalue weighted by molar-refractivity contribution is 14.0. The Morgan fingerprint density at radius 1 is 1.36 bits per heavy atom. The molecule has 0 aliphatic rings. The van der Waals surface area contributed by atoms with Crippen LogP contribution in [0.2, 0.25) is 10.0 Å². The second-order valence-electron chi connectivity index (χ2n) is 5.28. The van der Waals surface area contributed by atoms with Crippen molar-refractivity contribution >= 4 is 53.1 Å². The van der Waals surface area contributed by atoms with Crippen molar-refractivity contribution in [3.63, 3.8) is 0 Å². The minimum atomic E-state index is -0.0614. The third-order valence-electron chi connectivity index (χ3n) is 3.35. The summed E-state index contributed by atoms with van der Waals surface area (Å²) in [4.78, 5) is 4.28. The normalized spacial score (nSPS) is 12.5. The molecule has 8 heteroatoms. The van der Waals surface area contributed by atoms with Gasteiger partial charge in [-0.15, -0.1) is 24.0 Å². The van der Waals surface area contributed by atoms with Gasteiger partial charge in [0, 0.05) is 23.2 Å². The maximum atomic E-state index is 6.18. The second-order valence-corrected chi connectivity index (χ2v) is 6.13. The standard InChI is InChI=1S/C17H21Cl2N3O2.HI/c1-12(15-6-5-13(18)10-16(15)19)22-17(20)21-7-3-8-23-11-14-4-2-9-24-14;/h2,4-6,9-10,12H,3,7-8,11H2,1H3,(H3,20,21,22);1H. The summed E-state index contributed by atoms with van der Waals surface area (Å²) in [5.41, 5.74) is 6.82. The molecule has 3 N–H and O–H groups in total. The topological polar surface area (TPSA) is 72.8 Å². The van der Waals surface area contributed by atoms with E-state index in [2.05, 4.69) is 10.3 Å². The number of benzene rings is 1. The van der Waals surface area contributed by atoms with E-state index in [0.29, 0.717) is 35.8 Å². The zero-order valence-electron chi connectivity index (χ0n) is 13.9. The van der Waals surface area contributed by atoms with Crippen molar-refractivity contribution in [3.05, 3.63) is 58.0 Å². The first kappa shape index (κ1) is 22.1. The van der Waals surface area contributed by atoms with Crippen LogP contribution in [0.3, 0.4) is 0 Å². The Morgan fingerprint density at radius 2 is 2.16 bits per heavy atom. The van der Waals surface area contributed by atoms with Gasteiger partial charge in [-0.1, -0.05) is 29.3 Å². The molecular weight excluding hydrogens is 476 g/mol. The number of hydrogen-bond donors (Lipinski definition) is 2. The smallest absolute Gasteiger partial charge is 0.189 e. The van der Waals surface area contributed by atoms with E-state index < -0.39 is 0 Å². The molecule has 1 aromatic carbocycles. The Hall–Kier alpha value is -0.960. The van der Waals surface area contributed by atoms with Crippen LogP contribution in [0.5, 0.6) is 0 Å². The number of rotatable bonds is 8. The predicted molar refractivity (Wildman–Crippen MR) is 113 cm³/mol. The summed E-state index contributed by atoms with van der Waals surface area (Å²) in [6.45, 7) is 3.61. The number of nitrogens with zero attached hydrogens (tertiary/aromatic N) is 1. The number of halogens is 3. The molecule has 2 rings (SSSR count). The number of nitrogens with two attached hydrogens (primary N) is 1. The lowest BCUT2D eigenvalue weighted by Gasteiger charge is -2.16. The van der Waals surface area contributed by atoms with Gasteiger partial charge in [0.15, 0.2) is 5.96 Å². The number of hydrogen-bond acceptors (Lipinski definition) is 3. The maximum absolute atomic E-state index is 6.18. The molecule has 0 bridgehead atoms. The molecule has 0 fully saturated rings. The molecule has 1 unspecified atom stereocenters. The van der Waals surface area contributed by atoms with Crippen molar-refractivity contribution < 1.29 is 9.15 Å². The fraction of sp³-hybridized carbons (Fsp3) is 0.353. The SMILES string of the molecule is CC(NC(N)=NCCCOCc1ccco1)c1ccc(Cl)cc1Cl.I. The molecule has 2 aromatic rings. The zero-order valence-corrected chi connectivity index (χ0v) is 17.7. The summed E-state index contributed by atoms with van der Waals surface area (Å²) >= 11 is 12.1. The lowest BCUT2D eigenvalue weighted by atomic mass is 10.1. The predicted octanol–water partition coefficient (Wildman–Crippen LogP) is 4.78. The van der Waals surface area contributed by atoms with E-state index >= 15 is 0 Å². The van der Waals surface area contributed by atoms with Gasteiger partial charge in [-0.2, -0.15) is 0 Å². The van der Waals surface area contributed by atoms with E-state index in [-0.39, 0.29) is 30.0 Å². The number of furan rings is 1. The lowest BCUT2D eigenvalue weighted by molar-refractivity contribution is 0.105. The average molecular weight is 498 g/mol. The van der Waals surface area contributed by atoms with Crippen molar-refractivity contribution in [3.8, 4) is 0 Å². The van der Waals surface area contributed by atoms with Crippen LogP contribution in [0.4, 0.5) is 0 Å². The molecule has 0 aliphatic carbocycles. The van der Waals surface area contributed by atoms with Crippen LogP contribution >= 0.6 is 47.2 Å². The van der Waals surface area contributed by atoms with E-state index in [1.54, 1.807) is 18.4 Å². The summed E-state index contributed by atoms with van der Waals surface area (Å²) in [5, 5.41) is 4.32. The van der Waals surface area contributed by atoms with Gasteiger partial charge in [-0.3, -0.25) is 4.99 Å². The van der Waals surface area contributed by atoms with Crippen LogP contribution < -0.4 is 11.1 Å². The molecule has 0 saturated carbocycles. The van der Waals surface area contributed by atoms with Gasteiger partial charge in [-0.05, 0) is 43.2 Å². The first-order valence-corrected chi connectivity index (χ1v) is 8.43. The van der Waals surface area contributed by atoms with Crippen LogP contribution in [-0.4, -0.2) is 19.1 Å². The number of nitrogens with one attached hydrogen (secondary N) is 1. The number of ether oxygens (including phenoxy) is 1. The van der Waals surface area contributed by atoms with Gasteiger partial charge in [0.1, 0.15) is 12.4 Å². The third-order valence-corrected chi connectivity index (χ3v) is 3.91. The van der Waals surface area contributed by atoms with Crippen molar-refractivity contribution in [1.82, 2.24) is 5.32 Å². The van der Waals surface area contributed by atoms with Crippen molar-refractivity contribution in [1.29, 1.82) is 0 Å². The van der Waals surface area contributed by atoms with Gasteiger partial charge in [0.05, 0.1) is 12.3 Å². The molecule has 5 nitrogen and oxygen atoms in total. The van der Waals surface area contributed by atoms with Crippen LogP contribution in [0.15, 0.2) is 46.0 Å². The van der Waals surface area contributed by atoms with Crippen LogP contribution in [-0.2, 0) is 11.3 Å². The van der Waals surface area contributed by atoms with Crippen LogP contribution in [0, 0.1) is 0 Å². The number of aliphatic imine (C=N–C) groups is 1. The van der Waals surface area contributed by atoms with Crippen molar-refractivity contribution in [2.75, 3.05) is 13.2 Å². The highest BCUT2D eigenvalue weighted by Crippen LogP contribution is 2.25. The summed E-state index contributed by atoms with van der Waals surface area (Å²) in [6.07, 6.45) is 2.41. The lowest BCUT2D eigenvalue weighted by Crippen LogP contribution is -2.34. The quantitative estimate of drug-likeness (QED) is 0.238. The molecule has 0 saturated heterocycles. The first-order chi connectivity index (χ1) is 11.6. The molecule has 0 radical (unpaired) electrons. The summed E-state index contributed by atoms with van der Waals surface area (Å²) in [5.74, 6) is 1.19. The Labute approximate surface area is 174 Å². The van der Waals surface area contributed by atoms with Gasteiger partial charge < -0.3 is 20.2 Å². The van der Waals surface area contributed by atoms with E-state index in [4.69, 9.17) is 38.1 Å². The van der Waals surface area contributed by atoms with Crippen molar-refractivity contribution in [2.45, 2.75) is 26.0 Å². The highest BCUT2D eigenvalue weighted by atomic mass is 127. The minimum absolute atomic E-state index is 0. The Balaban J connectivity index is 0.00000312. The summed E-state index contributed by atoms with van der Waals surface area (Å²) < 4.78 is 10.7. The molecule has 1 atom stereocenters. The van der Waals surface area contributed by atoms with Gasteiger partial charge in [-0.25, -0.2) is 0 Å². The largest absolute Gasteiger partial charge is 0.467 e. The van der Waals surface area contributed by atoms with Gasteiger partial charge in [0.25, 0.3) is 0 Å². The fourth-order valence-electron chi connectivity index (χ4n) is 2.13. The van der Waals surface area contributed by atoms with Gasteiger partial charge in [0.2, 0.25) is 0 Å². The third kappa shape index (κ3) is 7.85. The highest BCUT2D eigenvalue weighted by Gasteiger charge is 2.10. The molecule has 1 aromatic heterocycles. The fourth-order valence-corrected chi connectivity index (χ4v) is 2.70. The Kier molecular flexibility index (Phi) is 10.3. The molecule has 0 aliphatic heterocycles. The monoisotopic (exact) mass is 497 g/mol. The molecule has 1 heterocycles. The molecular formula is C17H22Cl2IN3O2. The zero-order chi connectivity index (χ0) is 17.4. The average Bonchev–Trinajstić information content (AvgIpc) is 3.03. The molecule has 25 heavy (non-hydrogen) atoms. The Bertz CT molecular complexity index is 666. The first-order valence-electron chi connectivity index (χ1n) is 7.68. The maximum Gasteiger partial charge on any atom is 0.189 e. The summed E-state index contributed by atoms with van der Waals surface area (Å²) in [6, 6.07) is 9.03. The van der Waals surface area contributed by atoms with E-state index in [1.165, 1.54) is 0 Å². The van der Waals surface area contributed by atoms with E-state index in [9.17, 15) is 0 Å². The Morgan fingerprint density at radius 3 is 2.84 bits per heavy atom. The minimum Gasteiger partial charge on any atom is -0.467 e. The molecule has 0 amide bonds. The second kappa shape index (κ2) is 11.6. The van der Waals surface area contributed by atoms with E-state index in [1.807, 2.05) is 25.1 Å². The van der Waals surface area contributed by atoms with E-state index in [0.717, 1.165) is 17.7 Å². The van der Waals surface area contributed by atoms with Crippen LogP contribution in [0.1, 0.15) is 30.7 Å².